The Morgan fingerprint density at radius 1 is 1.10 bits per heavy atom. The molecule has 1 heteroatoms. The quantitative estimate of drug-likeness (QED) is 0.412. The molecule has 0 N–H and O–H groups in total. The fourth-order valence-electron chi connectivity index (χ4n) is 0.868. The van der Waals surface area contributed by atoms with Crippen molar-refractivity contribution in [3.8, 4) is 12.0 Å². The lowest BCUT2D eigenvalue weighted by atomic mass is 10.1. The Morgan fingerprint density at radius 2 is 1.80 bits per heavy atom. The van der Waals surface area contributed by atoms with Gasteiger partial charge in [0.2, 0.25) is 0 Å². The monoisotopic (exact) mass is 139 g/mol. The summed E-state index contributed by atoms with van der Waals surface area (Å²) in [4.78, 5) is 0. The zero-order chi connectivity index (χ0) is 7.66. The summed E-state index contributed by atoms with van der Waals surface area (Å²) >= 11 is 0. The van der Waals surface area contributed by atoms with Crippen LogP contribution in [0.25, 0.3) is 0 Å². The van der Waals surface area contributed by atoms with Crippen molar-refractivity contribution in [2.45, 2.75) is 45.4 Å². The van der Waals surface area contributed by atoms with E-state index >= 15 is 0 Å². The molecular weight excluding hydrogens is 124 g/mol. The molecule has 0 fully saturated rings. The van der Waals surface area contributed by atoms with Crippen molar-refractivity contribution in [1.82, 2.24) is 0 Å². The van der Waals surface area contributed by atoms with Crippen molar-refractivity contribution >= 4 is 0 Å². The Bertz CT molecular complexity index is 108. The molecule has 0 rings (SSSR count). The van der Waals surface area contributed by atoms with Crippen molar-refractivity contribution in [2.24, 2.45) is 0 Å². The van der Waals surface area contributed by atoms with Crippen LogP contribution in [0.3, 0.4) is 0 Å². The maximum atomic E-state index is 9.66. The van der Waals surface area contributed by atoms with Crippen LogP contribution in [0.1, 0.15) is 45.4 Å². The molecule has 0 bridgehead atoms. The van der Waals surface area contributed by atoms with E-state index in [0.717, 1.165) is 12.8 Å². The summed E-state index contributed by atoms with van der Waals surface area (Å²) < 4.78 is 0. The van der Waals surface area contributed by atoms with Gasteiger partial charge in [0.25, 0.3) is 0 Å². The maximum absolute atomic E-state index is 9.66. The molecule has 0 aliphatic carbocycles. The molecule has 0 heterocycles. The van der Waals surface area contributed by atoms with Gasteiger partial charge in [-0.1, -0.05) is 38.5 Å². The molecule has 0 aliphatic rings. The van der Waals surface area contributed by atoms with Gasteiger partial charge in [0.1, 0.15) is 0 Å². The summed E-state index contributed by atoms with van der Waals surface area (Å²) in [7, 11) is 0. The largest absolute Gasteiger partial charge is 0.224 e. The third-order valence-electron chi connectivity index (χ3n) is 1.48. The minimum absolute atomic E-state index is 0.785. The molecule has 0 atom stereocenters. The van der Waals surface area contributed by atoms with Crippen LogP contribution < -0.4 is 0 Å². The second-order valence-corrected chi connectivity index (χ2v) is 2.44. The normalized spacial score (nSPS) is 8.50. The van der Waals surface area contributed by atoms with Crippen LogP contribution in [-0.2, 0) is 5.11 Å². The smallest absolute Gasteiger partial charge is 0.172 e. The Kier molecular flexibility index (Phi) is 7.82. The standard InChI is InChI=1S/C9H15O/c1-2-3-4-5-6-7-8-9-10/h2-7H2,1H3. The van der Waals surface area contributed by atoms with E-state index in [4.69, 9.17) is 0 Å². The fraction of sp³-hybridized carbons (Fsp3) is 0.778. The van der Waals surface area contributed by atoms with Crippen molar-refractivity contribution in [3.05, 3.63) is 0 Å². The lowest BCUT2D eigenvalue weighted by molar-refractivity contribution is 0.391. The molecule has 0 unspecified atom stereocenters. The van der Waals surface area contributed by atoms with Crippen LogP contribution in [0.15, 0.2) is 0 Å². The first kappa shape index (κ1) is 9.36. The Morgan fingerprint density at radius 3 is 2.40 bits per heavy atom. The Labute approximate surface area is 63.5 Å². The number of hydrogen-bond acceptors (Lipinski definition) is 0. The van der Waals surface area contributed by atoms with Crippen molar-refractivity contribution in [1.29, 1.82) is 0 Å². The summed E-state index contributed by atoms with van der Waals surface area (Å²) in [5, 5.41) is 9.66. The molecule has 0 amide bonds. The number of rotatable bonds is 5. The van der Waals surface area contributed by atoms with E-state index in [1.165, 1.54) is 25.7 Å². The van der Waals surface area contributed by atoms with Crippen LogP contribution in [0.2, 0.25) is 0 Å². The molecule has 0 aromatic heterocycles. The van der Waals surface area contributed by atoms with Gasteiger partial charge in [-0.3, -0.25) is 0 Å². The summed E-state index contributed by atoms with van der Waals surface area (Å²) in [6.45, 7) is 2.19. The minimum atomic E-state index is 0.785. The molecular formula is C9H15O. The minimum Gasteiger partial charge on any atom is -0.224 e. The predicted molar refractivity (Wildman–Crippen MR) is 41.8 cm³/mol. The molecule has 1 nitrogen and oxygen atoms in total. The highest BCUT2D eigenvalue weighted by molar-refractivity contribution is 4.88. The van der Waals surface area contributed by atoms with E-state index in [1.54, 1.807) is 6.11 Å². The highest BCUT2D eigenvalue weighted by Crippen LogP contribution is 2.03. The van der Waals surface area contributed by atoms with Gasteiger partial charge in [-0.25, -0.2) is 5.11 Å². The summed E-state index contributed by atoms with van der Waals surface area (Å²) in [5.74, 6) is 2.52. The van der Waals surface area contributed by atoms with E-state index in [0.29, 0.717) is 0 Å². The second-order valence-electron chi connectivity index (χ2n) is 2.44. The zero-order valence-electron chi connectivity index (χ0n) is 6.65. The average Bonchev–Trinajstić information content (AvgIpc) is 1.97. The summed E-state index contributed by atoms with van der Waals surface area (Å²) in [6, 6.07) is 0. The highest BCUT2D eigenvalue weighted by atomic mass is 16.2. The van der Waals surface area contributed by atoms with Gasteiger partial charge in [0, 0.05) is 6.42 Å². The van der Waals surface area contributed by atoms with Crippen molar-refractivity contribution in [3.63, 3.8) is 0 Å². The Hall–Kier alpha value is -0.640. The zero-order valence-corrected chi connectivity index (χ0v) is 6.65. The molecule has 0 aromatic carbocycles. The first-order valence-electron chi connectivity index (χ1n) is 4.01. The van der Waals surface area contributed by atoms with E-state index < -0.39 is 0 Å². The molecule has 0 aliphatic heterocycles. The van der Waals surface area contributed by atoms with Gasteiger partial charge in [-0.05, 0) is 6.42 Å². The summed E-state index contributed by atoms with van der Waals surface area (Å²) in [6.07, 6.45) is 8.63. The van der Waals surface area contributed by atoms with Gasteiger partial charge in [0.05, 0.1) is 0 Å². The third-order valence-corrected chi connectivity index (χ3v) is 1.48. The predicted octanol–water partition coefficient (Wildman–Crippen LogP) is 2.74. The van der Waals surface area contributed by atoms with Gasteiger partial charge in [-0.2, -0.15) is 0 Å². The van der Waals surface area contributed by atoms with E-state index in [1.807, 2.05) is 0 Å². The van der Waals surface area contributed by atoms with Gasteiger partial charge in [0.15, 0.2) is 6.11 Å². The SMILES string of the molecule is CCCCCCCC#C[O]. The van der Waals surface area contributed by atoms with Crippen LogP contribution in [-0.4, -0.2) is 0 Å². The van der Waals surface area contributed by atoms with Gasteiger partial charge in [-0.15, -0.1) is 0 Å². The van der Waals surface area contributed by atoms with E-state index in [2.05, 4.69) is 12.8 Å². The molecule has 57 valence electrons. The number of unbranched alkanes of at least 4 members (excludes halogenated alkanes) is 5. The first-order chi connectivity index (χ1) is 4.91. The lowest BCUT2D eigenvalue weighted by Crippen LogP contribution is -1.75. The second kappa shape index (κ2) is 8.36. The Balaban J connectivity index is 2.82. The van der Waals surface area contributed by atoms with Crippen molar-refractivity contribution < 1.29 is 5.11 Å². The molecule has 0 spiro atoms. The summed E-state index contributed by atoms with van der Waals surface area (Å²) in [5.41, 5.74) is 0. The molecule has 10 heavy (non-hydrogen) atoms. The first-order valence-corrected chi connectivity index (χ1v) is 4.01. The molecule has 1 radical (unpaired) electrons. The molecule has 0 aromatic rings. The highest BCUT2D eigenvalue weighted by Gasteiger charge is 1.85. The van der Waals surface area contributed by atoms with Gasteiger partial charge < -0.3 is 0 Å². The number of hydrogen-bond donors (Lipinski definition) is 0. The third kappa shape index (κ3) is 7.36. The van der Waals surface area contributed by atoms with E-state index in [-0.39, 0.29) is 0 Å². The van der Waals surface area contributed by atoms with E-state index in [9.17, 15) is 5.11 Å². The van der Waals surface area contributed by atoms with Gasteiger partial charge >= 0.3 is 0 Å². The lowest BCUT2D eigenvalue weighted by Gasteiger charge is -1.93. The molecule has 0 saturated carbocycles. The van der Waals surface area contributed by atoms with Crippen LogP contribution >= 0.6 is 0 Å². The average molecular weight is 139 g/mol. The topological polar surface area (TPSA) is 19.9 Å². The van der Waals surface area contributed by atoms with Crippen LogP contribution in [0, 0.1) is 12.0 Å². The van der Waals surface area contributed by atoms with Crippen LogP contribution in [0.5, 0.6) is 0 Å². The maximum Gasteiger partial charge on any atom is 0.172 e. The fourth-order valence-corrected chi connectivity index (χ4v) is 0.868. The van der Waals surface area contributed by atoms with Crippen molar-refractivity contribution in [2.75, 3.05) is 0 Å². The van der Waals surface area contributed by atoms with Crippen LogP contribution in [0.4, 0.5) is 0 Å². The molecule has 0 saturated heterocycles.